The van der Waals surface area contributed by atoms with Crippen LogP contribution in [-0.2, 0) is 14.3 Å². The van der Waals surface area contributed by atoms with Gasteiger partial charge in [0.25, 0.3) is 0 Å². The van der Waals surface area contributed by atoms with Crippen molar-refractivity contribution in [1.29, 1.82) is 0 Å². The van der Waals surface area contributed by atoms with Crippen molar-refractivity contribution in [1.82, 2.24) is 10.6 Å². The maximum atomic E-state index is 11.7. The third-order valence-corrected chi connectivity index (χ3v) is 3.36. The van der Waals surface area contributed by atoms with Crippen LogP contribution in [0.2, 0.25) is 0 Å². The summed E-state index contributed by atoms with van der Waals surface area (Å²) < 4.78 is 10.5. The highest BCUT2D eigenvalue weighted by Crippen LogP contribution is 2.07. The van der Waals surface area contributed by atoms with Gasteiger partial charge in [-0.2, -0.15) is 0 Å². The second-order valence-electron chi connectivity index (χ2n) is 4.72. The normalized spacial score (nSPS) is 23.5. The summed E-state index contributed by atoms with van der Waals surface area (Å²) in [5.41, 5.74) is 0. The summed E-state index contributed by atoms with van der Waals surface area (Å²) in [4.78, 5) is 11.7. The molecule has 2 aliphatic heterocycles. The lowest BCUT2D eigenvalue weighted by molar-refractivity contribution is -0.121. The molecule has 0 atom stereocenters. The van der Waals surface area contributed by atoms with Crippen molar-refractivity contribution in [3.63, 3.8) is 0 Å². The molecule has 0 aromatic carbocycles. The first-order valence-electron chi connectivity index (χ1n) is 6.53. The van der Waals surface area contributed by atoms with Gasteiger partial charge >= 0.3 is 0 Å². The minimum Gasteiger partial charge on any atom is -0.381 e. The topological polar surface area (TPSA) is 59.6 Å². The van der Waals surface area contributed by atoms with Crippen LogP contribution in [0.5, 0.6) is 0 Å². The van der Waals surface area contributed by atoms with E-state index in [9.17, 15) is 4.79 Å². The molecule has 0 spiro atoms. The van der Waals surface area contributed by atoms with Gasteiger partial charge in [-0.1, -0.05) is 0 Å². The highest BCUT2D eigenvalue weighted by molar-refractivity contribution is 5.78. The minimum atomic E-state index is 0.100. The summed E-state index contributed by atoms with van der Waals surface area (Å²) in [6.45, 7) is 3.55. The van der Waals surface area contributed by atoms with Gasteiger partial charge in [-0.15, -0.1) is 0 Å². The molecule has 0 aliphatic carbocycles. The molecule has 0 aromatic heterocycles. The molecule has 2 saturated heterocycles. The number of carbonyl (C=O) groups excluding carboxylic acids is 1. The predicted molar refractivity (Wildman–Crippen MR) is 63.8 cm³/mol. The van der Waals surface area contributed by atoms with Crippen LogP contribution >= 0.6 is 0 Å². The van der Waals surface area contributed by atoms with Crippen molar-refractivity contribution in [3.05, 3.63) is 0 Å². The van der Waals surface area contributed by atoms with E-state index in [1.54, 1.807) is 0 Å². The molecule has 2 fully saturated rings. The van der Waals surface area contributed by atoms with Crippen molar-refractivity contribution in [2.75, 3.05) is 33.0 Å². The molecule has 2 rings (SSSR count). The molecule has 0 unspecified atom stereocenters. The standard InChI is InChI=1S/C12H22N2O3/c15-12(14-11-3-7-17-8-4-11)9-13-10-1-5-16-6-2-10/h10-11,13H,1-9H2,(H,14,15). The maximum absolute atomic E-state index is 11.7. The van der Waals surface area contributed by atoms with Crippen LogP contribution in [0.15, 0.2) is 0 Å². The summed E-state index contributed by atoms with van der Waals surface area (Å²) in [5, 5.41) is 6.33. The molecule has 0 bridgehead atoms. The van der Waals surface area contributed by atoms with Gasteiger partial charge in [-0.05, 0) is 25.7 Å². The molecule has 0 radical (unpaired) electrons. The molecule has 1 amide bonds. The molecule has 5 nitrogen and oxygen atoms in total. The average Bonchev–Trinajstić information content (AvgIpc) is 2.39. The average molecular weight is 242 g/mol. The van der Waals surface area contributed by atoms with Gasteiger partial charge in [0.05, 0.1) is 6.54 Å². The van der Waals surface area contributed by atoms with Gasteiger partial charge in [0, 0.05) is 38.5 Å². The number of ether oxygens (including phenoxy) is 2. The number of hydrogen-bond acceptors (Lipinski definition) is 4. The van der Waals surface area contributed by atoms with E-state index in [1.807, 2.05) is 0 Å². The third-order valence-electron chi connectivity index (χ3n) is 3.36. The zero-order valence-electron chi connectivity index (χ0n) is 10.2. The summed E-state index contributed by atoms with van der Waals surface area (Å²) in [6.07, 6.45) is 3.88. The lowest BCUT2D eigenvalue weighted by Crippen LogP contribution is -2.46. The zero-order valence-corrected chi connectivity index (χ0v) is 10.2. The molecule has 2 N–H and O–H groups in total. The molecular formula is C12H22N2O3. The van der Waals surface area contributed by atoms with Crippen molar-refractivity contribution >= 4 is 5.91 Å². The quantitative estimate of drug-likeness (QED) is 0.731. The highest BCUT2D eigenvalue weighted by atomic mass is 16.5. The van der Waals surface area contributed by atoms with Crippen LogP contribution in [0.3, 0.4) is 0 Å². The SMILES string of the molecule is O=C(CNC1CCOCC1)NC1CCOCC1. The lowest BCUT2D eigenvalue weighted by Gasteiger charge is -2.25. The second kappa shape index (κ2) is 6.93. The Morgan fingerprint density at radius 2 is 1.47 bits per heavy atom. The summed E-state index contributed by atoms with van der Waals surface area (Å²) in [5.74, 6) is 0.100. The number of nitrogens with one attached hydrogen (secondary N) is 2. The first kappa shape index (κ1) is 12.8. The minimum absolute atomic E-state index is 0.100. The van der Waals surface area contributed by atoms with Crippen LogP contribution in [0.25, 0.3) is 0 Å². The lowest BCUT2D eigenvalue weighted by atomic mass is 10.1. The van der Waals surface area contributed by atoms with E-state index in [0.717, 1.165) is 52.1 Å². The fourth-order valence-corrected chi connectivity index (χ4v) is 2.26. The Labute approximate surface area is 102 Å². The first-order valence-corrected chi connectivity index (χ1v) is 6.53. The summed E-state index contributed by atoms with van der Waals surface area (Å²) in [7, 11) is 0. The maximum Gasteiger partial charge on any atom is 0.234 e. The molecule has 98 valence electrons. The van der Waals surface area contributed by atoms with Crippen LogP contribution < -0.4 is 10.6 Å². The summed E-state index contributed by atoms with van der Waals surface area (Å²) in [6, 6.07) is 0.733. The van der Waals surface area contributed by atoms with E-state index in [2.05, 4.69) is 10.6 Å². The second-order valence-corrected chi connectivity index (χ2v) is 4.72. The molecule has 2 aliphatic rings. The van der Waals surface area contributed by atoms with Gasteiger partial charge in [0.1, 0.15) is 0 Å². The van der Waals surface area contributed by atoms with Gasteiger partial charge in [0.15, 0.2) is 0 Å². The van der Waals surface area contributed by atoms with Gasteiger partial charge in [0.2, 0.25) is 5.91 Å². The van der Waals surface area contributed by atoms with Gasteiger partial charge < -0.3 is 20.1 Å². The fraction of sp³-hybridized carbons (Fsp3) is 0.917. The Hall–Kier alpha value is -0.650. The number of amides is 1. The van der Waals surface area contributed by atoms with Crippen molar-refractivity contribution < 1.29 is 14.3 Å². The molecule has 0 saturated carbocycles. The van der Waals surface area contributed by atoms with E-state index in [0.29, 0.717) is 18.6 Å². The van der Waals surface area contributed by atoms with Gasteiger partial charge in [-0.3, -0.25) is 4.79 Å². The van der Waals surface area contributed by atoms with Crippen LogP contribution in [0, 0.1) is 0 Å². The van der Waals surface area contributed by atoms with Crippen LogP contribution in [0.4, 0.5) is 0 Å². The van der Waals surface area contributed by atoms with Crippen molar-refractivity contribution in [2.24, 2.45) is 0 Å². The number of rotatable bonds is 4. The molecule has 17 heavy (non-hydrogen) atoms. The largest absolute Gasteiger partial charge is 0.381 e. The van der Waals surface area contributed by atoms with Crippen LogP contribution in [-0.4, -0.2) is 51.0 Å². The number of carbonyl (C=O) groups is 1. The number of hydrogen-bond donors (Lipinski definition) is 2. The summed E-state index contributed by atoms with van der Waals surface area (Å²) >= 11 is 0. The van der Waals surface area contributed by atoms with E-state index in [4.69, 9.17) is 9.47 Å². The molecule has 0 aromatic rings. The van der Waals surface area contributed by atoms with Crippen molar-refractivity contribution in [3.8, 4) is 0 Å². The molecule has 5 heteroatoms. The zero-order chi connectivity index (χ0) is 11.9. The molecule has 2 heterocycles. The van der Waals surface area contributed by atoms with Gasteiger partial charge in [-0.25, -0.2) is 0 Å². The Morgan fingerprint density at radius 3 is 2.06 bits per heavy atom. The van der Waals surface area contributed by atoms with E-state index in [1.165, 1.54) is 0 Å². The van der Waals surface area contributed by atoms with Crippen LogP contribution in [0.1, 0.15) is 25.7 Å². The highest BCUT2D eigenvalue weighted by Gasteiger charge is 2.17. The van der Waals surface area contributed by atoms with E-state index < -0.39 is 0 Å². The Bertz CT molecular complexity index is 236. The monoisotopic (exact) mass is 242 g/mol. The third kappa shape index (κ3) is 4.61. The van der Waals surface area contributed by atoms with E-state index in [-0.39, 0.29) is 5.91 Å². The first-order chi connectivity index (χ1) is 8.34. The fourth-order valence-electron chi connectivity index (χ4n) is 2.26. The molecular weight excluding hydrogens is 220 g/mol. The predicted octanol–water partition coefficient (Wildman–Crippen LogP) is 0.0502. The Kier molecular flexibility index (Phi) is 5.22. The van der Waals surface area contributed by atoms with E-state index >= 15 is 0 Å². The smallest absolute Gasteiger partial charge is 0.234 e. The Balaban J connectivity index is 1.59. The Morgan fingerprint density at radius 1 is 0.941 bits per heavy atom. The van der Waals surface area contributed by atoms with Crippen molar-refractivity contribution in [2.45, 2.75) is 37.8 Å².